The quantitative estimate of drug-likeness (QED) is 0.756. The van der Waals surface area contributed by atoms with Crippen molar-refractivity contribution < 1.29 is 14.0 Å². The SMILES string of the molecule is O=C(Nc1cccc(Cn2cccn2)c1)C1CC(c2cccc(F)c2)=NO1. The Morgan fingerprint density at radius 3 is 2.93 bits per heavy atom. The summed E-state index contributed by atoms with van der Waals surface area (Å²) in [6.45, 7) is 0.615. The largest absolute Gasteiger partial charge is 0.382 e. The van der Waals surface area contributed by atoms with Crippen molar-refractivity contribution in [2.24, 2.45) is 5.16 Å². The molecule has 1 unspecified atom stereocenters. The van der Waals surface area contributed by atoms with Crippen LogP contribution in [-0.4, -0.2) is 27.5 Å². The van der Waals surface area contributed by atoms with Gasteiger partial charge in [0, 0.05) is 30.1 Å². The molecule has 2 heterocycles. The van der Waals surface area contributed by atoms with Crippen molar-refractivity contribution in [2.75, 3.05) is 5.32 Å². The van der Waals surface area contributed by atoms with Crippen LogP contribution < -0.4 is 5.32 Å². The van der Waals surface area contributed by atoms with Crippen LogP contribution in [0.2, 0.25) is 0 Å². The standard InChI is InChI=1S/C20H17FN4O2/c21-16-6-2-5-15(11-16)18-12-19(27-24-18)20(26)23-17-7-1-4-14(10-17)13-25-9-3-8-22-25/h1-11,19H,12-13H2,(H,23,26). The second kappa shape index (κ2) is 7.41. The van der Waals surface area contributed by atoms with Gasteiger partial charge in [-0.3, -0.25) is 9.48 Å². The number of carbonyl (C=O) groups excluding carboxylic acids is 1. The summed E-state index contributed by atoms with van der Waals surface area (Å²) in [7, 11) is 0. The van der Waals surface area contributed by atoms with Gasteiger partial charge < -0.3 is 10.2 Å². The zero-order valence-corrected chi connectivity index (χ0v) is 14.4. The second-order valence-corrected chi connectivity index (χ2v) is 6.24. The van der Waals surface area contributed by atoms with E-state index in [9.17, 15) is 9.18 Å². The number of benzene rings is 2. The topological polar surface area (TPSA) is 68.5 Å². The predicted octanol–water partition coefficient (Wildman–Crippen LogP) is 3.20. The fourth-order valence-electron chi connectivity index (χ4n) is 2.91. The number of nitrogens with one attached hydrogen (secondary N) is 1. The molecule has 1 N–H and O–H groups in total. The second-order valence-electron chi connectivity index (χ2n) is 6.24. The smallest absolute Gasteiger partial charge is 0.268 e. The van der Waals surface area contributed by atoms with E-state index in [0.717, 1.165) is 5.56 Å². The molecule has 0 aliphatic carbocycles. The van der Waals surface area contributed by atoms with Gasteiger partial charge in [-0.1, -0.05) is 29.4 Å². The minimum atomic E-state index is -0.738. The summed E-state index contributed by atoms with van der Waals surface area (Å²) in [4.78, 5) is 17.7. The maximum atomic E-state index is 13.4. The van der Waals surface area contributed by atoms with Crippen LogP contribution in [0.3, 0.4) is 0 Å². The summed E-state index contributed by atoms with van der Waals surface area (Å²) in [6, 6.07) is 15.5. The highest BCUT2D eigenvalue weighted by molar-refractivity contribution is 6.06. The molecule has 4 rings (SSSR count). The molecule has 1 aliphatic rings. The lowest BCUT2D eigenvalue weighted by Crippen LogP contribution is -2.28. The molecular weight excluding hydrogens is 347 g/mol. The Kier molecular flexibility index (Phi) is 4.65. The Labute approximate surface area is 155 Å². The van der Waals surface area contributed by atoms with Gasteiger partial charge in [0.05, 0.1) is 12.3 Å². The van der Waals surface area contributed by atoms with Crippen LogP contribution in [-0.2, 0) is 16.2 Å². The molecule has 1 aliphatic heterocycles. The van der Waals surface area contributed by atoms with Gasteiger partial charge in [0.15, 0.2) is 0 Å². The van der Waals surface area contributed by atoms with Crippen molar-refractivity contribution in [3.8, 4) is 0 Å². The average molecular weight is 364 g/mol. The highest BCUT2D eigenvalue weighted by Crippen LogP contribution is 2.19. The lowest BCUT2D eigenvalue weighted by Gasteiger charge is -2.11. The summed E-state index contributed by atoms with van der Waals surface area (Å²) in [5.41, 5.74) is 2.86. The van der Waals surface area contributed by atoms with Crippen molar-refractivity contribution in [3.63, 3.8) is 0 Å². The third-order valence-corrected chi connectivity index (χ3v) is 4.22. The number of halogens is 1. The molecular formula is C20H17FN4O2. The van der Waals surface area contributed by atoms with E-state index in [4.69, 9.17) is 4.84 Å². The van der Waals surface area contributed by atoms with Crippen molar-refractivity contribution >= 4 is 17.3 Å². The van der Waals surface area contributed by atoms with Crippen molar-refractivity contribution in [2.45, 2.75) is 19.1 Å². The highest BCUT2D eigenvalue weighted by Gasteiger charge is 2.29. The highest BCUT2D eigenvalue weighted by atomic mass is 19.1. The van der Waals surface area contributed by atoms with Crippen LogP contribution >= 0.6 is 0 Å². The van der Waals surface area contributed by atoms with E-state index in [1.807, 2.05) is 36.5 Å². The Morgan fingerprint density at radius 2 is 2.11 bits per heavy atom. The van der Waals surface area contributed by atoms with E-state index >= 15 is 0 Å². The first-order chi connectivity index (χ1) is 13.2. The van der Waals surface area contributed by atoms with Crippen LogP contribution in [0.4, 0.5) is 10.1 Å². The Bertz CT molecular complexity index is 985. The van der Waals surface area contributed by atoms with E-state index in [-0.39, 0.29) is 11.7 Å². The number of carbonyl (C=O) groups is 1. The zero-order chi connectivity index (χ0) is 18.6. The first-order valence-electron chi connectivity index (χ1n) is 8.53. The van der Waals surface area contributed by atoms with Gasteiger partial charge >= 0.3 is 0 Å². The van der Waals surface area contributed by atoms with Gasteiger partial charge in [-0.25, -0.2) is 4.39 Å². The summed E-state index contributed by atoms with van der Waals surface area (Å²) >= 11 is 0. The Balaban J connectivity index is 1.39. The van der Waals surface area contributed by atoms with E-state index in [1.165, 1.54) is 12.1 Å². The summed E-state index contributed by atoms with van der Waals surface area (Å²) < 4.78 is 15.2. The van der Waals surface area contributed by atoms with Crippen LogP contribution in [0.1, 0.15) is 17.5 Å². The minimum Gasteiger partial charge on any atom is -0.382 e. The van der Waals surface area contributed by atoms with Crippen LogP contribution in [0.25, 0.3) is 0 Å². The number of oxime groups is 1. The first-order valence-corrected chi connectivity index (χ1v) is 8.53. The average Bonchev–Trinajstić information content (AvgIpc) is 3.34. The molecule has 0 saturated heterocycles. The molecule has 0 fully saturated rings. The van der Waals surface area contributed by atoms with Crippen LogP contribution in [0, 0.1) is 5.82 Å². The predicted molar refractivity (Wildman–Crippen MR) is 98.8 cm³/mol. The molecule has 1 amide bonds. The van der Waals surface area contributed by atoms with Gasteiger partial charge in [-0.2, -0.15) is 5.10 Å². The number of hydrogen-bond donors (Lipinski definition) is 1. The number of nitrogens with zero attached hydrogens (tertiary/aromatic N) is 3. The normalized spacial score (nSPS) is 15.9. The summed E-state index contributed by atoms with van der Waals surface area (Å²) in [6.07, 6.45) is 3.16. The number of amides is 1. The van der Waals surface area contributed by atoms with Gasteiger partial charge in [0.25, 0.3) is 5.91 Å². The molecule has 0 bridgehead atoms. The monoisotopic (exact) mass is 364 g/mol. The van der Waals surface area contributed by atoms with Gasteiger partial charge in [-0.15, -0.1) is 0 Å². The van der Waals surface area contributed by atoms with Gasteiger partial charge in [0.1, 0.15) is 5.82 Å². The molecule has 6 nitrogen and oxygen atoms in total. The van der Waals surface area contributed by atoms with Crippen LogP contribution in [0.5, 0.6) is 0 Å². The summed E-state index contributed by atoms with van der Waals surface area (Å²) in [5.74, 6) is -0.640. The fraction of sp³-hybridized carbons (Fsp3) is 0.150. The molecule has 2 aromatic carbocycles. The van der Waals surface area contributed by atoms with E-state index in [2.05, 4.69) is 15.6 Å². The van der Waals surface area contributed by atoms with E-state index in [0.29, 0.717) is 29.9 Å². The fourth-order valence-corrected chi connectivity index (χ4v) is 2.91. The van der Waals surface area contributed by atoms with E-state index < -0.39 is 6.10 Å². The number of anilines is 1. The maximum Gasteiger partial charge on any atom is 0.268 e. The molecule has 1 atom stereocenters. The minimum absolute atomic E-state index is 0.290. The van der Waals surface area contributed by atoms with Crippen molar-refractivity contribution in [3.05, 3.63) is 83.9 Å². The zero-order valence-electron chi connectivity index (χ0n) is 14.4. The van der Waals surface area contributed by atoms with Crippen molar-refractivity contribution in [1.29, 1.82) is 0 Å². The number of hydrogen-bond acceptors (Lipinski definition) is 4. The molecule has 1 aromatic heterocycles. The van der Waals surface area contributed by atoms with E-state index in [1.54, 1.807) is 23.0 Å². The summed E-state index contributed by atoms with van der Waals surface area (Å²) in [5, 5.41) is 11.0. The first kappa shape index (κ1) is 17.0. The molecule has 3 aromatic rings. The molecule has 0 saturated carbocycles. The number of rotatable bonds is 5. The van der Waals surface area contributed by atoms with Gasteiger partial charge in [-0.05, 0) is 35.9 Å². The third kappa shape index (κ3) is 4.03. The lowest BCUT2D eigenvalue weighted by molar-refractivity contribution is -0.125. The maximum absolute atomic E-state index is 13.4. The molecule has 0 radical (unpaired) electrons. The Morgan fingerprint density at radius 1 is 1.22 bits per heavy atom. The van der Waals surface area contributed by atoms with Crippen molar-refractivity contribution in [1.82, 2.24) is 9.78 Å². The molecule has 0 spiro atoms. The third-order valence-electron chi connectivity index (χ3n) is 4.22. The van der Waals surface area contributed by atoms with Gasteiger partial charge in [0.2, 0.25) is 6.10 Å². The molecule has 7 heteroatoms. The molecule has 27 heavy (non-hydrogen) atoms. The lowest BCUT2D eigenvalue weighted by atomic mass is 10.0. The number of aromatic nitrogens is 2. The van der Waals surface area contributed by atoms with Crippen LogP contribution in [0.15, 0.2) is 72.1 Å². The molecule has 136 valence electrons. The Hall–Kier alpha value is -3.48.